The van der Waals surface area contributed by atoms with Gasteiger partial charge in [-0.3, -0.25) is 4.79 Å². The molecule has 0 aromatic heterocycles. The molecule has 1 heterocycles. The molecule has 0 radical (unpaired) electrons. The van der Waals surface area contributed by atoms with Crippen molar-refractivity contribution in [2.45, 2.75) is 45.3 Å². The van der Waals surface area contributed by atoms with Crippen LogP contribution < -0.4 is 5.32 Å². The lowest BCUT2D eigenvalue weighted by Crippen LogP contribution is -2.30. The zero-order chi connectivity index (χ0) is 10.6. The summed E-state index contributed by atoms with van der Waals surface area (Å²) in [5.74, 6) is 0.955. The Bertz CT molecular complexity index is 192. The number of nitrogens with one attached hydrogen (secondary N) is 1. The monoisotopic (exact) mass is 199 g/mol. The number of ether oxygens (including phenoxy) is 1. The highest BCUT2D eigenvalue weighted by Crippen LogP contribution is 2.14. The molecule has 1 fully saturated rings. The number of rotatable bonds is 5. The molecule has 0 aromatic rings. The zero-order valence-electron chi connectivity index (χ0n) is 9.38. The van der Waals surface area contributed by atoms with Gasteiger partial charge in [-0.2, -0.15) is 0 Å². The molecule has 2 unspecified atom stereocenters. The molecule has 0 bridgehead atoms. The SMILES string of the molecule is COC1CNC(C(=O)CCC(C)C)C1. The van der Waals surface area contributed by atoms with E-state index in [0.29, 0.717) is 18.1 Å². The molecule has 1 aliphatic heterocycles. The molecule has 14 heavy (non-hydrogen) atoms. The molecule has 2 atom stereocenters. The van der Waals surface area contributed by atoms with Crippen LogP contribution in [0.3, 0.4) is 0 Å². The van der Waals surface area contributed by atoms with Gasteiger partial charge in [0.2, 0.25) is 0 Å². The van der Waals surface area contributed by atoms with E-state index in [1.165, 1.54) is 0 Å². The number of ketones is 1. The summed E-state index contributed by atoms with van der Waals surface area (Å²) in [5, 5.41) is 3.21. The molecule has 1 rings (SSSR count). The Hall–Kier alpha value is -0.410. The average Bonchev–Trinajstić information content (AvgIpc) is 2.62. The molecule has 1 saturated heterocycles. The van der Waals surface area contributed by atoms with Crippen LogP contribution in [0.2, 0.25) is 0 Å². The Morgan fingerprint density at radius 1 is 1.57 bits per heavy atom. The first-order valence-corrected chi connectivity index (χ1v) is 5.42. The van der Waals surface area contributed by atoms with E-state index in [-0.39, 0.29) is 12.1 Å². The zero-order valence-corrected chi connectivity index (χ0v) is 9.38. The number of carbonyl (C=O) groups is 1. The van der Waals surface area contributed by atoms with Crippen molar-refractivity contribution in [1.29, 1.82) is 0 Å². The second-order valence-corrected chi connectivity index (χ2v) is 4.45. The van der Waals surface area contributed by atoms with Crippen LogP contribution in [-0.4, -0.2) is 31.6 Å². The van der Waals surface area contributed by atoms with Gasteiger partial charge in [-0.15, -0.1) is 0 Å². The van der Waals surface area contributed by atoms with Gasteiger partial charge in [0, 0.05) is 20.1 Å². The third-order valence-corrected chi connectivity index (χ3v) is 2.78. The van der Waals surface area contributed by atoms with E-state index in [9.17, 15) is 4.79 Å². The summed E-state index contributed by atoms with van der Waals surface area (Å²) in [6, 6.07) is 0.0405. The molecule has 0 spiro atoms. The molecule has 1 aliphatic rings. The van der Waals surface area contributed by atoms with Gasteiger partial charge in [-0.1, -0.05) is 13.8 Å². The van der Waals surface area contributed by atoms with Crippen molar-refractivity contribution in [3.05, 3.63) is 0 Å². The quantitative estimate of drug-likeness (QED) is 0.726. The minimum absolute atomic E-state index is 0.0405. The average molecular weight is 199 g/mol. The molecule has 0 aromatic carbocycles. The summed E-state index contributed by atoms with van der Waals surface area (Å²) in [4.78, 5) is 11.7. The molecule has 0 amide bonds. The van der Waals surface area contributed by atoms with Crippen LogP contribution in [0.4, 0.5) is 0 Å². The maximum absolute atomic E-state index is 11.7. The van der Waals surface area contributed by atoms with E-state index in [2.05, 4.69) is 19.2 Å². The van der Waals surface area contributed by atoms with Crippen LogP contribution in [0, 0.1) is 5.92 Å². The van der Waals surface area contributed by atoms with Gasteiger partial charge in [-0.05, 0) is 18.8 Å². The number of hydrogen-bond donors (Lipinski definition) is 1. The lowest BCUT2D eigenvalue weighted by Gasteiger charge is -2.10. The van der Waals surface area contributed by atoms with E-state index in [1.807, 2.05) is 0 Å². The number of hydrogen-bond acceptors (Lipinski definition) is 3. The summed E-state index contributed by atoms with van der Waals surface area (Å²) >= 11 is 0. The highest BCUT2D eigenvalue weighted by Gasteiger charge is 2.28. The highest BCUT2D eigenvalue weighted by atomic mass is 16.5. The summed E-state index contributed by atoms with van der Waals surface area (Å²) < 4.78 is 5.20. The van der Waals surface area contributed by atoms with Crippen molar-refractivity contribution in [3.63, 3.8) is 0 Å². The molecule has 3 nitrogen and oxygen atoms in total. The van der Waals surface area contributed by atoms with Crippen LogP contribution in [0.1, 0.15) is 33.1 Å². The van der Waals surface area contributed by atoms with E-state index in [4.69, 9.17) is 4.74 Å². The van der Waals surface area contributed by atoms with Gasteiger partial charge >= 0.3 is 0 Å². The Morgan fingerprint density at radius 2 is 2.29 bits per heavy atom. The Labute approximate surface area is 86.2 Å². The van der Waals surface area contributed by atoms with Crippen LogP contribution in [0.5, 0.6) is 0 Å². The van der Waals surface area contributed by atoms with Crippen LogP contribution >= 0.6 is 0 Å². The maximum Gasteiger partial charge on any atom is 0.149 e. The normalized spacial score (nSPS) is 27.1. The first-order chi connectivity index (χ1) is 6.63. The van der Waals surface area contributed by atoms with Gasteiger partial charge < -0.3 is 10.1 Å². The van der Waals surface area contributed by atoms with E-state index in [1.54, 1.807) is 7.11 Å². The molecule has 0 saturated carbocycles. The predicted octanol–water partition coefficient (Wildman–Crippen LogP) is 1.37. The van der Waals surface area contributed by atoms with Gasteiger partial charge in [0.15, 0.2) is 0 Å². The number of carbonyl (C=O) groups excluding carboxylic acids is 1. The second-order valence-electron chi connectivity index (χ2n) is 4.45. The lowest BCUT2D eigenvalue weighted by molar-refractivity contribution is -0.121. The molecule has 0 aliphatic carbocycles. The van der Waals surface area contributed by atoms with Crippen LogP contribution in [0.15, 0.2) is 0 Å². The Balaban J connectivity index is 2.25. The predicted molar refractivity (Wildman–Crippen MR) is 56.3 cm³/mol. The number of methoxy groups -OCH3 is 1. The maximum atomic E-state index is 11.7. The minimum Gasteiger partial charge on any atom is -0.380 e. The summed E-state index contributed by atoms with van der Waals surface area (Å²) in [6.45, 7) is 5.11. The first-order valence-electron chi connectivity index (χ1n) is 5.42. The second kappa shape index (κ2) is 5.47. The number of Topliss-reactive ketones (excluding diaryl/α,β-unsaturated/α-hetero) is 1. The smallest absolute Gasteiger partial charge is 0.149 e. The van der Waals surface area contributed by atoms with Gasteiger partial charge in [0.05, 0.1) is 12.1 Å². The fourth-order valence-electron chi connectivity index (χ4n) is 1.73. The molecular formula is C11H21NO2. The van der Waals surface area contributed by atoms with Crippen molar-refractivity contribution in [1.82, 2.24) is 5.32 Å². The van der Waals surface area contributed by atoms with Gasteiger partial charge in [-0.25, -0.2) is 0 Å². The summed E-state index contributed by atoms with van der Waals surface area (Å²) in [7, 11) is 1.70. The fourth-order valence-corrected chi connectivity index (χ4v) is 1.73. The summed E-state index contributed by atoms with van der Waals surface area (Å²) in [5.41, 5.74) is 0. The highest BCUT2D eigenvalue weighted by molar-refractivity contribution is 5.84. The van der Waals surface area contributed by atoms with Gasteiger partial charge in [0.1, 0.15) is 5.78 Å². The van der Waals surface area contributed by atoms with Crippen LogP contribution in [-0.2, 0) is 9.53 Å². The van der Waals surface area contributed by atoms with Crippen molar-refractivity contribution in [3.8, 4) is 0 Å². The first kappa shape index (κ1) is 11.7. The fraction of sp³-hybridized carbons (Fsp3) is 0.909. The largest absolute Gasteiger partial charge is 0.380 e. The lowest BCUT2D eigenvalue weighted by atomic mass is 10.0. The summed E-state index contributed by atoms with van der Waals surface area (Å²) in [6.07, 6.45) is 2.76. The Kier molecular flexibility index (Phi) is 4.55. The molecular weight excluding hydrogens is 178 g/mol. The standard InChI is InChI=1S/C11H21NO2/c1-8(2)4-5-11(13)10-6-9(14-3)7-12-10/h8-10,12H,4-7H2,1-3H3. The molecule has 3 heteroatoms. The van der Waals surface area contributed by atoms with Crippen molar-refractivity contribution in [2.24, 2.45) is 5.92 Å². The van der Waals surface area contributed by atoms with Crippen molar-refractivity contribution >= 4 is 5.78 Å². The van der Waals surface area contributed by atoms with Gasteiger partial charge in [0.25, 0.3) is 0 Å². The van der Waals surface area contributed by atoms with E-state index < -0.39 is 0 Å². The van der Waals surface area contributed by atoms with E-state index >= 15 is 0 Å². The van der Waals surface area contributed by atoms with E-state index in [0.717, 1.165) is 19.4 Å². The molecule has 82 valence electrons. The molecule has 1 N–H and O–H groups in total. The third-order valence-electron chi connectivity index (χ3n) is 2.78. The third kappa shape index (κ3) is 3.39. The Morgan fingerprint density at radius 3 is 2.79 bits per heavy atom. The minimum atomic E-state index is 0.0405. The van der Waals surface area contributed by atoms with Crippen LogP contribution in [0.25, 0.3) is 0 Å². The van der Waals surface area contributed by atoms with Crippen molar-refractivity contribution in [2.75, 3.05) is 13.7 Å². The van der Waals surface area contributed by atoms with Crippen molar-refractivity contribution < 1.29 is 9.53 Å². The topological polar surface area (TPSA) is 38.3 Å².